The largest absolute Gasteiger partial charge is 0.332 e. The van der Waals surface area contributed by atoms with Crippen LogP contribution >= 0.6 is 9.39 Å². The minimum absolute atomic E-state index is 0.114. The van der Waals surface area contributed by atoms with Gasteiger partial charge in [0.05, 0.1) is 5.52 Å². The molecule has 14 heavy (non-hydrogen) atoms. The van der Waals surface area contributed by atoms with E-state index in [1.54, 1.807) is 6.92 Å². The summed E-state index contributed by atoms with van der Waals surface area (Å²) < 4.78 is 1.99. The van der Waals surface area contributed by atoms with Crippen LogP contribution in [0, 0.1) is 6.92 Å². The molecule has 0 spiro atoms. The summed E-state index contributed by atoms with van der Waals surface area (Å²) in [6.07, 6.45) is 2.04. The van der Waals surface area contributed by atoms with E-state index in [1.807, 2.05) is 35.7 Å². The number of nitrogens with zero attached hydrogens (tertiary/aromatic N) is 1. The number of carbonyl (C=O) groups excluding carboxylic acids is 1. The maximum Gasteiger partial charge on any atom is 0.159 e. The monoisotopic (exact) mass is 205 g/mol. The molecule has 1 unspecified atom stereocenters. The number of aryl methyl sites for hydroxylation is 1. The highest BCUT2D eigenvalue weighted by Crippen LogP contribution is 2.23. The highest BCUT2D eigenvalue weighted by atomic mass is 31.0. The Morgan fingerprint density at radius 1 is 1.43 bits per heavy atom. The molecule has 0 aliphatic carbocycles. The number of benzene rings is 1. The third kappa shape index (κ3) is 1.36. The fourth-order valence-corrected chi connectivity index (χ4v) is 2.09. The van der Waals surface area contributed by atoms with Crippen molar-refractivity contribution < 1.29 is 4.79 Å². The Labute approximate surface area is 85.2 Å². The maximum absolute atomic E-state index is 11.2. The van der Waals surface area contributed by atoms with Crippen LogP contribution in [0.25, 0.3) is 10.9 Å². The average molecular weight is 205 g/mol. The van der Waals surface area contributed by atoms with Crippen LogP contribution < -0.4 is 0 Å². The molecule has 1 heterocycles. The molecule has 1 aromatic heterocycles. The van der Waals surface area contributed by atoms with Gasteiger partial charge in [0.1, 0.15) is 0 Å². The summed E-state index contributed by atoms with van der Waals surface area (Å²) in [4.78, 5) is 11.2. The fraction of sp³-hybridized carbons (Fsp3) is 0.182. The van der Waals surface area contributed by atoms with Crippen LogP contribution in [0.3, 0.4) is 0 Å². The second-order valence-electron chi connectivity index (χ2n) is 3.51. The summed E-state index contributed by atoms with van der Waals surface area (Å²) in [5.74, 6) is 0.114. The summed E-state index contributed by atoms with van der Waals surface area (Å²) in [6.45, 7) is 3.64. The number of Topliss-reactive ketones (excluding diaryl/α,β-unsaturated/α-hetero) is 1. The van der Waals surface area contributed by atoms with E-state index in [-0.39, 0.29) is 5.78 Å². The van der Waals surface area contributed by atoms with Crippen LogP contribution in [0.1, 0.15) is 22.8 Å². The van der Waals surface area contributed by atoms with E-state index in [2.05, 4.69) is 9.39 Å². The second-order valence-corrected chi connectivity index (χ2v) is 4.06. The topological polar surface area (TPSA) is 22.0 Å². The zero-order chi connectivity index (χ0) is 10.3. The van der Waals surface area contributed by atoms with E-state index in [1.165, 1.54) is 5.56 Å². The molecule has 0 aliphatic heterocycles. The summed E-state index contributed by atoms with van der Waals surface area (Å²) >= 11 is 0. The van der Waals surface area contributed by atoms with Gasteiger partial charge in [-0.1, -0.05) is 0 Å². The van der Waals surface area contributed by atoms with Gasteiger partial charge in [-0.05, 0) is 47.0 Å². The molecule has 0 amide bonds. The highest BCUT2D eigenvalue weighted by molar-refractivity contribution is 7.14. The molecule has 1 atom stereocenters. The van der Waals surface area contributed by atoms with E-state index in [9.17, 15) is 4.79 Å². The average Bonchev–Trinajstić information content (AvgIpc) is 2.42. The van der Waals surface area contributed by atoms with E-state index in [4.69, 9.17) is 0 Å². The van der Waals surface area contributed by atoms with Crippen LogP contribution in [-0.2, 0) is 0 Å². The first kappa shape index (κ1) is 9.42. The van der Waals surface area contributed by atoms with Crippen LogP contribution in [0.2, 0.25) is 0 Å². The van der Waals surface area contributed by atoms with Gasteiger partial charge in [0, 0.05) is 17.1 Å². The standard InChI is InChI=1S/C11H12NOP/c1-7-6-12(14)11-4-3-9(8(2)13)5-10(7)11/h3-6H,14H2,1-2H3. The Kier molecular flexibility index (Phi) is 2.16. The smallest absolute Gasteiger partial charge is 0.159 e. The van der Waals surface area contributed by atoms with E-state index < -0.39 is 0 Å². The Morgan fingerprint density at radius 2 is 2.14 bits per heavy atom. The summed E-state index contributed by atoms with van der Waals surface area (Å²) in [7, 11) is 2.64. The highest BCUT2D eigenvalue weighted by Gasteiger charge is 2.05. The van der Waals surface area contributed by atoms with Gasteiger partial charge in [0.25, 0.3) is 0 Å². The van der Waals surface area contributed by atoms with E-state index >= 15 is 0 Å². The molecule has 3 heteroatoms. The summed E-state index contributed by atoms with van der Waals surface area (Å²) in [6, 6.07) is 5.80. The van der Waals surface area contributed by atoms with Crippen molar-refractivity contribution in [2.24, 2.45) is 0 Å². The van der Waals surface area contributed by atoms with Gasteiger partial charge < -0.3 is 4.34 Å². The lowest BCUT2D eigenvalue weighted by molar-refractivity contribution is 0.101. The van der Waals surface area contributed by atoms with Gasteiger partial charge in [0.2, 0.25) is 0 Å². The Balaban J connectivity index is 2.77. The zero-order valence-corrected chi connectivity index (χ0v) is 9.40. The number of hydrogen-bond acceptors (Lipinski definition) is 1. The molecule has 0 bridgehead atoms. The minimum atomic E-state index is 0.114. The molecule has 2 aromatic rings. The quantitative estimate of drug-likeness (QED) is 0.518. The minimum Gasteiger partial charge on any atom is -0.332 e. The molecule has 1 aromatic carbocycles. The van der Waals surface area contributed by atoms with Crippen LogP contribution in [0.4, 0.5) is 0 Å². The van der Waals surface area contributed by atoms with Crippen molar-refractivity contribution in [1.82, 2.24) is 4.34 Å². The van der Waals surface area contributed by atoms with Gasteiger partial charge in [-0.15, -0.1) is 0 Å². The first-order valence-electron chi connectivity index (χ1n) is 4.47. The Morgan fingerprint density at radius 3 is 2.79 bits per heavy atom. The van der Waals surface area contributed by atoms with Crippen molar-refractivity contribution in [2.75, 3.05) is 0 Å². The predicted molar refractivity (Wildman–Crippen MR) is 61.8 cm³/mol. The fourth-order valence-electron chi connectivity index (χ4n) is 1.64. The third-order valence-corrected chi connectivity index (χ3v) is 2.87. The lowest BCUT2D eigenvalue weighted by atomic mass is 10.1. The SMILES string of the molecule is CC(=O)c1ccc2c(c1)c(C)cn2P. The molecular weight excluding hydrogens is 193 g/mol. The summed E-state index contributed by atoms with van der Waals surface area (Å²) in [5.41, 5.74) is 3.10. The zero-order valence-electron chi connectivity index (χ0n) is 8.24. The first-order valence-corrected chi connectivity index (χ1v) is 4.99. The summed E-state index contributed by atoms with van der Waals surface area (Å²) in [5, 5.41) is 1.15. The molecule has 0 saturated heterocycles. The van der Waals surface area contributed by atoms with Crippen molar-refractivity contribution >= 4 is 26.1 Å². The van der Waals surface area contributed by atoms with Gasteiger partial charge in [-0.25, -0.2) is 0 Å². The molecule has 0 saturated carbocycles. The van der Waals surface area contributed by atoms with Crippen LogP contribution in [0.5, 0.6) is 0 Å². The maximum atomic E-state index is 11.2. The number of hydrogen-bond donors (Lipinski definition) is 0. The molecule has 0 aliphatic rings. The van der Waals surface area contributed by atoms with Crippen molar-refractivity contribution in [3.63, 3.8) is 0 Å². The second kappa shape index (κ2) is 3.21. The van der Waals surface area contributed by atoms with Gasteiger partial charge in [0.15, 0.2) is 5.78 Å². The number of aromatic nitrogens is 1. The van der Waals surface area contributed by atoms with Crippen molar-refractivity contribution in [3.05, 3.63) is 35.5 Å². The number of fused-ring (bicyclic) bond motifs is 1. The van der Waals surface area contributed by atoms with Crippen LogP contribution in [-0.4, -0.2) is 10.1 Å². The molecule has 72 valence electrons. The van der Waals surface area contributed by atoms with E-state index in [0.717, 1.165) is 16.5 Å². The third-order valence-electron chi connectivity index (χ3n) is 2.44. The lowest BCUT2D eigenvalue weighted by Gasteiger charge is -1.98. The van der Waals surface area contributed by atoms with E-state index in [0.29, 0.717) is 0 Å². The van der Waals surface area contributed by atoms with Crippen molar-refractivity contribution in [2.45, 2.75) is 13.8 Å². The number of ketones is 1. The number of rotatable bonds is 1. The Hall–Kier alpha value is -1.14. The molecule has 0 radical (unpaired) electrons. The molecular formula is C11H12NOP. The Bertz CT molecular complexity index is 513. The predicted octanol–water partition coefficient (Wildman–Crippen LogP) is 2.79. The first-order chi connectivity index (χ1) is 6.59. The van der Waals surface area contributed by atoms with Gasteiger partial charge in [-0.3, -0.25) is 4.79 Å². The van der Waals surface area contributed by atoms with Crippen molar-refractivity contribution in [1.29, 1.82) is 0 Å². The molecule has 0 fully saturated rings. The normalized spacial score (nSPS) is 10.8. The van der Waals surface area contributed by atoms with Gasteiger partial charge in [-0.2, -0.15) is 0 Å². The molecule has 0 N–H and O–H groups in total. The number of carbonyl (C=O) groups is 1. The molecule has 2 rings (SSSR count). The van der Waals surface area contributed by atoms with Gasteiger partial charge >= 0.3 is 0 Å². The molecule has 2 nitrogen and oxygen atoms in total. The van der Waals surface area contributed by atoms with Crippen molar-refractivity contribution in [3.8, 4) is 0 Å². The van der Waals surface area contributed by atoms with Crippen LogP contribution in [0.15, 0.2) is 24.4 Å². The lowest BCUT2D eigenvalue weighted by Crippen LogP contribution is -1.90.